The molecule has 1 aliphatic heterocycles. The highest BCUT2D eigenvalue weighted by molar-refractivity contribution is 7.89. The summed E-state index contributed by atoms with van der Waals surface area (Å²) >= 11 is 6.53. The molecule has 0 fully saturated rings. The summed E-state index contributed by atoms with van der Waals surface area (Å²) in [4.78, 5) is 0.284. The number of methoxy groups -OCH3 is 1. The molecule has 29 heavy (non-hydrogen) atoms. The number of hydrogen-bond acceptors (Lipinski definition) is 3. The summed E-state index contributed by atoms with van der Waals surface area (Å²) in [5.41, 5.74) is 3.78. The average molecular weight is 428 g/mol. The van der Waals surface area contributed by atoms with Crippen LogP contribution >= 0.6 is 11.6 Å². The van der Waals surface area contributed by atoms with Crippen molar-refractivity contribution >= 4 is 21.6 Å². The van der Waals surface area contributed by atoms with Gasteiger partial charge in [0.25, 0.3) is 0 Å². The minimum atomic E-state index is -3.72. The van der Waals surface area contributed by atoms with Crippen molar-refractivity contribution in [3.63, 3.8) is 0 Å². The minimum Gasteiger partial charge on any atom is -0.497 e. The molecule has 0 spiro atoms. The second-order valence-corrected chi connectivity index (χ2v) is 9.47. The second kappa shape index (κ2) is 7.82. The van der Waals surface area contributed by atoms with Crippen molar-refractivity contribution in [2.24, 2.45) is 0 Å². The molecule has 1 heterocycles. The Hall–Kier alpha value is -2.34. The number of sulfonamides is 1. The molecule has 4 nitrogen and oxygen atoms in total. The molecule has 1 unspecified atom stereocenters. The first kappa shape index (κ1) is 20.0. The Morgan fingerprint density at radius 3 is 2.41 bits per heavy atom. The van der Waals surface area contributed by atoms with Gasteiger partial charge in [0, 0.05) is 11.6 Å². The molecule has 3 aromatic rings. The molecule has 0 aromatic heterocycles. The summed E-state index contributed by atoms with van der Waals surface area (Å²) in [6, 6.07) is 19.7. The van der Waals surface area contributed by atoms with Crippen molar-refractivity contribution in [3.8, 4) is 5.75 Å². The van der Waals surface area contributed by atoms with Gasteiger partial charge in [-0.2, -0.15) is 4.31 Å². The molecule has 6 heteroatoms. The Bertz CT molecular complexity index is 1140. The molecular weight excluding hydrogens is 406 g/mol. The van der Waals surface area contributed by atoms with Crippen LogP contribution in [0.15, 0.2) is 71.6 Å². The van der Waals surface area contributed by atoms with Crippen LogP contribution < -0.4 is 4.74 Å². The predicted molar refractivity (Wildman–Crippen MR) is 115 cm³/mol. The summed E-state index contributed by atoms with van der Waals surface area (Å²) in [6.07, 6.45) is 0.630. The van der Waals surface area contributed by atoms with E-state index in [9.17, 15) is 8.42 Å². The third kappa shape index (κ3) is 3.66. The van der Waals surface area contributed by atoms with Gasteiger partial charge >= 0.3 is 0 Å². The zero-order chi connectivity index (χ0) is 20.6. The van der Waals surface area contributed by atoms with E-state index in [2.05, 4.69) is 0 Å². The first-order valence-electron chi connectivity index (χ1n) is 9.41. The van der Waals surface area contributed by atoms with Crippen LogP contribution in [-0.4, -0.2) is 26.4 Å². The molecule has 0 saturated heterocycles. The van der Waals surface area contributed by atoms with Crippen molar-refractivity contribution in [3.05, 3.63) is 94.0 Å². The van der Waals surface area contributed by atoms with Crippen molar-refractivity contribution in [1.29, 1.82) is 0 Å². The zero-order valence-electron chi connectivity index (χ0n) is 16.3. The van der Waals surface area contributed by atoms with Gasteiger partial charge in [0.15, 0.2) is 0 Å². The molecule has 0 N–H and O–H groups in total. The lowest BCUT2D eigenvalue weighted by Gasteiger charge is -2.37. The van der Waals surface area contributed by atoms with Crippen molar-refractivity contribution < 1.29 is 13.2 Å². The quantitative estimate of drug-likeness (QED) is 0.589. The number of halogens is 1. The van der Waals surface area contributed by atoms with E-state index in [0.29, 0.717) is 23.7 Å². The van der Waals surface area contributed by atoms with Gasteiger partial charge in [-0.05, 0) is 60.4 Å². The molecule has 0 aliphatic carbocycles. The predicted octanol–water partition coefficient (Wildman–Crippen LogP) is 4.99. The number of ether oxygens (including phenoxy) is 1. The van der Waals surface area contributed by atoms with Gasteiger partial charge in [-0.25, -0.2) is 8.42 Å². The van der Waals surface area contributed by atoms with E-state index >= 15 is 0 Å². The normalized spacial score (nSPS) is 17.0. The number of hydrogen-bond donors (Lipinski definition) is 0. The second-order valence-electron chi connectivity index (χ2n) is 7.17. The van der Waals surface area contributed by atoms with Crippen LogP contribution in [0.4, 0.5) is 0 Å². The number of aryl methyl sites for hydroxylation is 1. The van der Waals surface area contributed by atoms with Gasteiger partial charge in [-0.15, -0.1) is 0 Å². The molecule has 1 aliphatic rings. The standard InChI is InChI=1S/C23H22ClNO3S/c1-16-7-11-19(12-8-16)29(26,27)25-14-13-17-9-10-18(28-2)15-21(17)23(25)20-5-3-4-6-22(20)24/h3-12,15,23H,13-14H2,1-2H3. The molecule has 4 rings (SSSR count). The fourth-order valence-electron chi connectivity index (χ4n) is 3.82. The topological polar surface area (TPSA) is 46.6 Å². The summed E-state index contributed by atoms with van der Waals surface area (Å²) in [5.74, 6) is 0.690. The third-order valence-electron chi connectivity index (χ3n) is 5.36. The fourth-order valence-corrected chi connectivity index (χ4v) is 5.65. The molecule has 150 valence electrons. The van der Waals surface area contributed by atoms with Crippen molar-refractivity contribution in [2.45, 2.75) is 24.3 Å². The molecule has 3 aromatic carbocycles. The Kier molecular flexibility index (Phi) is 5.38. The zero-order valence-corrected chi connectivity index (χ0v) is 17.9. The van der Waals surface area contributed by atoms with Gasteiger partial charge in [-0.1, -0.05) is 53.6 Å². The monoisotopic (exact) mass is 427 g/mol. The molecule has 0 radical (unpaired) electrons. The van der Waals surface area contributed by atoms with Gasteiger partial charge in [0.05, 0.1) is 18.0 Å². The summed E-state index contributed by atoms with van der Waals surface area (Å²) < 4.78 is 34.2. The lowest BCUT2D eigenvalue weighted by atomic mass is 9.89. The number of benzene rings is 3. The highest BCUT2D eigenvalue weighted by Crippen LogP contribution is 2.42. The first-order valence-corrected chi connectivity index (χ1v) is 11.2. The number of rotatable bonds is 4. The lowest BCUT2D eigenvalue weighted by molar-refractivity contribution is 0.341. The van der Waals surface area contributed by atoms with Crippen LogP contribution in [0, 0.1) is 6.92 Å². The maximum absolute atomic E-state index is 13.6. The summed E-state index contributed by atoms with van der Waals surface area (Å²) in [7, 11) is -2.11. The summed E-state index contributed by atoms with van der Waals surface area (Å²) in [6.45, 7) is 2.32. The van der Waals surface area contributed by atoms with Gasteiger partial charge in [0.1, 0.15) is 5.75 Å². The SMILES string of the molecule is COc1ccc2c(c1)C(c1ccccc1Cl)N(S(=O)(=O)c1ccc(C)cc1)CC2. The van der Waals surface area contributed by atoms with Crippen molar-refractivity contribution in [2.75, 3.05) is 13.7 Å². The largest absolute Gasteiger partial charge is 0.497 e. The van der Waals surface area contributed by atoms with E-state index in [4.69, 9.17) is 16.3 Å². The van der Waals surface area contributed by atoms with Crippen LogP contribution in [0.5, 0.6) is 5.75 Å². The maximum atomic E-state index is 13.6. The average Bonchev–Trinajstić information content (AvgIpc) is 2.73. The minimum absolute atomic E-state index is 0.284. The van der Waals surface area contributed by atoms with Crippen molar-refractivity contribution in [1.82, 2.24) is 4.31 Å². The van der Waals surface area contributed by atoms with E-state index in [1.54, 1.807) is 29.6 Å². The highest BCUT2D eigenvalue weighted by Gasteiger charge is 2.38. The molecule has 0 amide bonds. The highest BCUT2D eigenvalue weighted by atomic mass is 35.5. The van der Waals surface area contributed by atoms with Crippen LogP contribution in [0.2, 0.25) is 5.02 Å². The Morgan fingerprint density at radius 1 is 1.00 bits per heavy atom. The molecular formula is C23H22ClNO3S. The van der Waals surface area contributed by atoms with Crippen LogP contribution in [-0.2, 0) is 16.4 Å². The smallest absolute Gasteiger partial charge is 0.243 e. The van der Waals surface area contributed by atoms with Gasteiger partial charge < -0.3 is 4.74 Å². The Labute approximate surface area is 176 Å². The fraction of sp³-hybridized carbons (Fsp3) is 0.217. The van der Waals surface area contributed by atoms with E-state index in [1.165, 1.54) is 0 Å². The Morgan fingerprint density at radius 2 is 1.72 bits per heavy atom. The van der Waals surface area contributed by atoms with Gasteiger partial charge in [-0.3, -0.25) is 0 Å². The number of nitrogens with zero attached hydrogens (tertiary/aromatic N) is 1. The van der Waals surface area contributed by atoms with Crippen LogP contribution in [0.25, 0.3) is 0 Å². The van der Waals surface area contributed by atoms with E-state index in [1.807, 2.05) is 55.5 Å². The molecule has 0 bridgehead atoms. The van der Waals surface area contributed by atoms with Gasteiger partial charge in [0.2, 0.25) is 10.0 Å². The van der Waals surface area contributed by atoms with E-state index in [0.717, 1.165) is 22.3 Å². The third-order valence-corrected chi connectivity index (χ3v) is 7.59. The molecule has 0 saturated carbocycles. The first-order chi connectivity index (χ1) is 13.9. The number of fused-ring (bicyclic) bond motifs is 1. The van der Waals surface area contributed by atoms with Crippen LogP contribution in [0.3, 0.4) is 0 Å². The maximum Gasteiger partial charge on any atom is 0.243 e. The van der Waals surface area contributed by atoms with E-state index in [-0.39, 0.29) is 4.90 Å². The van der Waals surface area contributed by atoms with E-state index < -0.39 is 16.1 Å². The lowest BCUT2D eigenvalue weighted by Crippen LogP contribution is -2.40. The molecule has 1 atom stereocenters. The summed E-state index contributed by atoms with van der Waals surface area (Å²) in [5, 5.41) is 0.539. The Balaban J connectivity index is 1.91. The van der Waals surface area contributed by atoms with Crippen LogP contribution in [0.1, 0.15) is 28.3 Å².